The first-order chi connectivity index (χ1) is 9.43. The van der Waals surface area contributed by atoms with Gasteiger partial charge in [0.2, 0.25) is 0 Å². The second-order valence-electron chi connectivity index (χ2n) is 5.19. The molecule has 20 heavy (non-hydrogen) atoms. The van der Waals surface area contributed by atoms with Crippen molar-refractivity contribution in [2.45, 2.75) is 31.9 Å². The van der Waals surface area contributed by atoms with Gasteiger partial charge in [0.05, 0.1) is 5.60 Å². The van der Waals surface area contributed by atoms with E-state index in [1.165, 1.54) is 19.1 Å². The number of alkyl halides is 2. The highest BCUT2D eigenvalue weighted by molar-refractivity contribution is 5.93. The Bertz CT molecular complexity index is 482. The second-order valence-corrected chi connectivity index (χ2v) is 5.19. The minimum atomic E-state index is -2.76. The van der Waals surface area contributed by atoms with Crippen LogP contribution in [-0.4, -0.2) is 40.8 Å². The number of amides is 1. The summed E-state index contributed by atoms with van der Waals surface area (Å²) in [5, 5.41) is 15.8. The van der Waals surface area contributed by atoms with Crippen molar-refractivity contribution in [3.63, 3.8) is 0 Å². The molecule has 3 N–H and O–H groups in total. The van der Waals surface area contributed by atoms with Gasteiger partial charge in [0.15, 0.2) is 0 Å². The quantitative estimate of drug-likeness (QED) is 0.775. The molecular formula is C13H19F2N3O2. The van der Waals surface area contributed by atoms with E-state index in [4.69, 9.17) is 0 Å². The number of carbonyl (C=O) groups is 1. The molecule has 0 bridgehead atoms. The lowest BCUT2D eigenvalue weighted by molar-refractivity contribution is 0.0165. The zero-order chi connectivity index (χ0) is 14.8. The minimum absolute atomic E-state index is 0.0479. The van der Waals surface area contributed by atoms with Crippen molar-refractivity contribution in [3.05, 3.63) is 23.5 Å². The van der Waals surface area contributed by atoms with Crippen LogP contribution in [0.5, 0.6) is 0 Å². The Morgan fingerprint density at radius 1 is 1.60 bits per heavy atom. The Balaban J connectivity index is 2.02. The number of halogens is 2. The average Bonchev–Trinajstić information content (AvgIpc) is 2.79. The van der Waals surface area contributed by atoms with E-state index in [0.717, 1.165) is 13.0 Å². The van der Waals surface area contributed by atoms with Crippen LogP contribution in [0.3, 0.4) is 0 Å². The lowest BCUT2D eigenvalue weighted by Gasteiger charge is -2.32. The number of rotatable bonds is 4. The van der Waals surface area contributed by atoms with Crippen LogP contribution in [0.2, 0.25) is 0 Å². The Hall–Kier alpha value is -1.47. The summed E-state index contributed by atoms with van der Waals surface area (Å²) in [7, 11) is 0. The molecule has 0 spiro atoms. The third kappa shape index (κ3) is 3.16. The topological polar surface area (TPSA) is 66.3 Å². The number of nitrogens with zero attached hydrogens (tertiary/aromatic N) is 1. The summed E-state index contributed by atoms with van der Waals surface area (Å²) in [6.07, 6.45) is 1.40. The molecule has 1 aromatic rings. The standard InChI is InChI=1S/C13H19F2N3O2/c1-9-3-4-10(18(9)12(14)15)11(19)17-8-13(20)5-2-6-16-7-13/h3-4,12,16,20H,2,5-8H2,1H3,(H,17,19). The molecule has 1 aliphatic rings. The van der Waals surface area contributed by atoms with Gasteiger partial charge in [-0.3, -0.25) is 9.36 Å². The fourth-order valence-electron chi connectivity index (χ4n) is 2.43. The highest BCUT2D eigenvalue weighted by Crippen LogP contribution is 2.19. The molecule has 0 aliphatic carbocycles. The van der Waals surface area contributed by atoms with Crippen LogP contribution in [0, 0.1) is 6.92 Å². The van der Waals surface area contributed by atoms with Gasteiger partial charge in [-0.25, -0.2) is 0 Å². The molecule has 2 heterocycles. The van der Waals surface area contributed by atoms with Gasteiger partial charge < -0.3 is 15.7 Å². The summed E-state index contributed by atoms with van der Waals surface area (Å²) in [6.45, 7) is 0.0323. The van der Waals surface area contributed by atoms with Crippen LogP contribution in [-0.2, 0) is 0 Å². The molecule has 1 saturated heterocycles. The first-order valence-corrected chi connectivity index (χ1v) is 6.60. The van der Waals surface area contributed by atoms with Gasteiger partial charge in [-0.05, 0) is 38.4 Å². The van der Waals surface area contributed by atoms with E-state index >= 15 is 0 Å². The van der Waals surface area contributed by atoms with Gasteiger partial charge in [-0.2, -0.15) is 8.78 Å². The molecular weight excluding hydrogens is 268 g/mol. The normalized spacial score (nSPS) is 23.1. The monoisotopic (exact) mass is 287 g/mol. The molecule has 1 unspecified atom stereocenters. The maximum atomic E-state index is 12.9. The molecule has 7 heteroatoms. The third-order valence-corrected chi connectivity index (χ3v) is 3.58. The zero-order valence-electron chi connectivity index (χ0n) is 11.3. The number of β-amino-alcohol motifs (C(OH)–C–C–N with tert-alkyl or cyclic N) is 1. The largest absolute Gasteiger partial charge is 0.387 e. The Kier molecular flexibility index (Phi) is 4.39. The van der Waals surface area contributed by atoms with E-state index < -0.39 is 18.1 Å². The van der Waals surface area contributed by atoms with E-state index in [2.05, 4.69) is 10.6 Å². The van der Waals surface area contributed by atoms with Crippen molar-refractivity contribution >= 4 is 5.91 Å². The van der Waals surface area contributed by atoms with Gasteiger partial charge in [0.25, 0.3) is 5.91 Å². The summed E-state index contributed by atoms with van der Waals surface area (Å²) < 4.78 is 26.4. The van der Waals surface area contributed by atoms with Gasteiger partial charge in [0.1, 0.15) is 5.69 Å². The Morgan fingerprint density at radius 3 is 2.95 bits per heavy atom. The Morgan fingerprint density at radius 2 is 2.35 bits per heavy atom. The maximum Gasteiger partial charge on any atom is 0.319 e. The maximum absolute atomic E-state index is 12.9. The van der Waals surface area contributed by atoms with Crippen LogP contribution >= 0.6 is 0 Å². The molecule has 5 nitrogen and oxygen atoms in total. The molecule has 1 aromatic heterocycles. The number of hydrogen-bond acceptors (Lipinski definition) is 3. The second kappa shape index (κ2) is 5.88. The summed E-state index contributed by atoms with van der Waals surface area (Å²) in [4.78, 5) is 12.0. The van der Waals surface area contributed by atoms with E-state index in [1.54, 1.807) is 0 Å². The summed E-state index contributed by atoms with van der Waals surface area (Å²) >= 11 is 0. The number of nitrogens with one attached hydrogen (secondary N) is 2. The van der Waals surface area contributed by atoms with Crippen LogP contribution in [0.4, 0.5) is 8.78 Å². The molecule has 1 aliphatic heterocycles. The zero-order valence-corrected chi connectivity index (χ0v) is 11.3. The lowest BCUT2D eigenvalue weighted by atomic mass is 9.94. The van der Waals surface area contributed by atoms with E-state index in [0.29, 0.717) is 23.2 Å². The molecule has 0 radical (unpaired) electrons. The van der Waals surface area contributed by atoms with Crippen LogP contribution in [0.1, 0.15) is 35.6 Å². The first-order valence-electron chi connectivity index (χ1n) is 6.60. The van der Waals surface area contributed by atoms with Crippen molar-refractivity contribution < 1.29 is 18.7 Å². The number of aryl methyl sites for hydroxylation is 1. The predicted molar refractivity (Wildman–Crippen MR) is 69.8 cm³/mol. The van der Waals surface area contributed by atoms with Crippen molar-refractivity contribution in [2.24, 2.45) is 0 Å². The van der Waals surface area contributed by atoms with Gasteiger partial charge in [0, 0.05) is 18.8 Å². The summed E-state index contributed by atoms with van der Waals surface area (Å²) in [5.41, 5.74) is -0.779. The van der Waals surface area contributed by atoms with Crippen LogP contribution in [0.25, 0.3) is 0 Å². The SMILES string of the molecule is Cc1ccc(C(=O)NCC2(O)CCCNC2)n1C(F)F. The number of aromatic nitrogens is 1. The number of hydrogen-bond donors (Lipinski definition) is 3. The predicted octanol–water partition coefficient (Wildman–Crippen LogP) is 1.04. The highest BCUT2D eigenvalue weighted by Gasteiger charge is 2.30. The highest BCUT2D eigenvalue weighted by atomic mass is 19.3. The molecule has 1 atom stereocenters. The van der Waals surface area contributed by atoms with E-state index in [9.17, 15) is 18.7 Å². The van der Waals surface area contributed by atoms with Gasteiger partial charge >= 0.3 is 6.55 Å². The van der Waals surface area contributed by atoms with E-state index in [-0.39, 0.29) is 12.2 Å². The van der Waals surface area contributed by atoms with Crippen LogP contribution in [0.15, 0.2) is 12.1 Å². The van der Waals surface area contributed by atoms with Crippen molar-refractivity contribution in [3.8, 4) is 0 Å². The molecule has 1 amide bonds. The van der Waals surface area contributed by atoms with Crippen molar-refractivity contribution in [1.82, 2.24) is 15.2 Å². The lowest BCUT2D eigenvalue weighted by Crippen LogP contribution is -2.52. The molecule has 0 aromatic carbocycles. The summed E-state index contributed by atoms with van der Waals surface area (Å²) in [6, 6.07) is 2.83. The molecule has 1 fully saturated rings. The number of aliphatic hydroxyl groups is 1. The fraction of sp³-hybridized carbons (Fsp3) is 0.615. The number of piperidine rings is 1. The van der Waals surface area contributed by atoms with Crippen LogP contribution < -0.4 is 10.6 Å². The number of carbonyl (C=O) groups excluding carboxylic acids is 1. The van der Waals surface area contributed by atoms with Gasteiger partial charge in [-0.15, -0.1) is 0 Å². The van der Waals surface area contributed by atoms with E-state index in [1.807, 2.05) is 0 Å². The summed E-state index contributed by atoms with van der Waals surface area (Å²) in [5.74, 6) is -0.600. The minimum Gasteiger partial charge on any atom is -0.387 e. The first kappa shape index (κ1) is 14.9. The Labute approximate surface area is 116 Å². The molecule has 112 valence electrons. The van der Waals surface area contributed by atoms with Crippen molar-refractivity contribution in [1.29, 1.82) is 0 Å². The molecule has 0 saturated carbocycles. The van der Waals surface area contributed by atoms with Crippen molar-refractivity contribution in [2.75, 3.05) is 19.6 Å². The fourth-order valence-corrected chi connectivity index (χ4v) is 2.43. The molecule has 2 rings (SSSR count). The third-order valence-electron chi connectivity index (χ3n) is 3.58. The van der Waals surface area contributed by atoms with Gasteiger partial charge in [-0.1, -0.05) is 0 Å². The smallest absolute Gasteiger partial charge is 0.319 e. The average molecular weight is 287 g/mol.